The van der Waals surface area contributed by atoms with E-state index in [1.54, 1.807) is 0 Å². The van der Waals surface area contributed by atoms with Crippen molar-refractivity contribution in [2.75, 3.05) is 31.7 Å². The topological polar surface area (TPSA) is 46.6 Å². The molecule has 1 fully saturated rings. The summed E-state index contributed by atoms with van der Waals surface area (Å²) in [5.74, 6) is 0.197. The van der Waals surface area contributed by atoms with Crippen LogP contribution in [0.5, 0.6) is 0 Å². The zero-order chi connectivity index (χ0) is 13.9. The lowest BCUT2D eigenvalue weighted by Crippen LogP contribution is -2.45. The van der Waals surface area contributed by atoms with Crippen LogP contribution in [0.25, 0.3) is 0 Å². The minimum atomic E-state index is -2.93. The molecule has 0 radical (unpaired) electrons. The predicted molar refractivity (Wildman–Crippen MR) is 75.9 cm³/mol. The van der Waals surface area contributed by atoms with Gasteiger partial charge in [-0.15, -0.1) is 0 Å². The molecule has 1 aromatic carbocycles. The van der Waals surface area contributed by atoms with Gasteiger partial charge >= 0.3 is 0 Å². The Hall–Kier alpha value is -0.910. The van der Waals surface area contributed by atoms with Crippen molar-refractivity contribution in [3.63, 3.8) is 0 Å². The molecule has 0 aliphatic carbocycles. The highest BCUT2D eigenvalue weighted by atomic mass is 32.2. The highest BCUT2D eigenvalue weighted by Crippen LogP contribution is 2.25. The van der Waals surface area contributed by atoms with Crippen molar-refractivity contribution >= 4 is 9.84 Å². The lowest BCUT2D eigenvalue weighted by atomic mass is 10.0. The Labute approximate surface area is 115 Å². The largest absolute Gasteiger partial charge is 0.375 e. The summed E-state index contributed by atoms with van der Waals surface area (Å²) in [6.45, 7) is 3.98. The Morgan fingerprint density at radius 2 is 2.00 bits per heavy atom. The number of sulfone groups is 1. The molecule has 2 rings (SSSR count). The van der Waals surface area contributed by atoms with Gasteiger partial charge in [0, 0.05) is 19.3 Å². The molecule has 0 spiro atoms. The quantitative estimate of drug-likeness (QED) is 0.840. The zero-order valence-electron chi connectivity index (χ0n) is 11.5. The lowest BCUT2D eigenvalue weighted by molar-refractivity contribution is -0.0538. The van der Waals surface area contributed by atoms with E-state index in [9.17, 15) is 8.42 Å². The van der Waals surface area contributed by atoms with Crippen molar-refractivity contribution in [1.82, 2.24) is 4.90 Å². The fourth-order valence-electron chi connectivity index (χ4n) is 2.38. The fourth-order valence-corrected chi connectivity index (χ4v) is 2.95. The first kappa shape index (κ1) is 14.5. The highest BCUT2D eigenvalue weighted by Gasteiger charge is 2.28. The summed E-state index contributed by atoms with van der Waals surface area (Å²) < 4.78 is 28.4. The van der Waals surface area contributed by atoms with Crippen molar-refractivity contribution in [1.29, 1.82) is 0 Å². The van der Waals surface area contributed by atoms with E-state index in [4.69, 9.17) is 4.74 Å². The summed E-state index contributed by atoms with van der Waals surface area (Å²) in [6, 6.07) is 10.3. The van der Waals surface area contributed by atoms with Crippen LogP contribution in [0.2, 0.25) is 0 Å². The van der Waals surface area contributed by atoms with Gasteiger partial charge in [-0.05, 0) is 12.5 Å². The van der Waals surface area contributed by atoms with Gasteiger partial charge in [-0.3, -0.25) is 4.90 Å². The Morgan fingerprint density at radius 3 is 2.63 bits per heavy atom. The number of benzene rings is 1. The van der Waals surface area contributed by atoms with E-state index in [0.717, 1.165) is 6.54 Å². The molecule has 0 aromatic heterocycles. The Morgan fingerprint density at radius 1 is 1.32 bits per heavy atom. The van der Waals surface area contributed by atoms with E-state index < -0.39 is 9.84 Å². The summed E-state index contributed by atoms with van der Waals surface area (Å²) in [6.07, 6.45) is 1.44. The first-order chi connectivity index (χ1) is 8.96. The molecule has 1 saturated heterocycles. The van der Waals surface area contributed by atoms with Gasteiger partial charge in [-0.25, -0.2) is 8.42 Å². The van der Waals surface area contributed by atoms with Crippen LogP contribution in [0, 0.1) is 0 Å². The van der Waals surface area contributed by atoms with E-state index >= 15 is 0 Å². The zero-order valence-corrected chi connectivity index (χ0v) is 12.3. The molecule has 19 heavy (non-hydrogen) atoms. The van der Waals surface area contributed by atoms with Gasteiger partial charge in [0.2, 0.25) is 0 Å². The minimum Gasteiger partial charge on any atom is -0.375 e. The van der Waals surface area contributed by atoms with Crippen molar-refractivity contribution in [3.8, 4) is 0 Å². The molecule has 5 heteroatoms. The minimum absolute atomic E-state index is 0.152. The maximum absolute atomic E-state index is 11.3. The molecule has 2 atom stereocenters. The molecule has 1 heterocycles. The number of rotatable bonds is 4. The fraction of sp³-hybridized carbons (Fsp3) is 0.571. The maximum Gasteiger partial charge on any atom is 0.148 e. The standard InChI is InChI=1S/C14H21NO3S/c1-12-10-15(8-9-19(2,16)17)14(11-18-12)13-6-4-3-5-7-13/h3-7,12,14H,8-11H2,1-2H3/t12-,14+/m0/s1. The van der Waals surface area contributed by atoms with Gasteiger partial charge in [0.25, 0.3) is 0 Å². The van der Waals surface area contributed by atoms with E-state index in [1.807, 2.05) is 25.1 Å². The molecule has 0 bridgehead atoms. The average Bonchev–Trinajstić information content (AvgIpc) is 2.37. The molecular weight excluding hydrogens is 262 g/mol. The molecular formula is C14H21NO3S. The second kappa shape index (κ2) is 6.03. The van der Waals surface area contributed by atoms with Crippen LogP contribution >= 0.6 is 0 Å². The predicted octanol–water partition coefficient (Wildman–Crippen LogP) is 1.49. The molecule has 4 nitrogen and oxygen atoms in total. The molecule has 0 amide bonds. The first-order valence-electron chi connectivity index (χ1n) is 6.54. The third kappa shape index (κ3) is 4.30. The summed E-state index contributed by atoms with van der Waals surface area (Å²) in [5.41, 5.74) is 1.18. The van der Waals surface area contributed by atoms with E-state index in [-0.39, 0.29) is 17.9 Å². The molecule has 1 aromatic rings. The van der Waals surface area contributed by atoms with Gasteiger partial charge in [0.15, 0.2) is 0 Å². The van der Waals surface area contributed by atoms with Crippen LogP contribution < -0.4 is 0 Å². The molecule has 1 aliphatic rings. The van der Waals surface area contributed by atoms with Gasteiger partial charge in [0.1, 0.15) is 9.84 Å². The van der Waals surface area contributed by atoms with E-state index in [2.05, 4.69) is 17.0 Å². The first-order valence-corrected chi connectivity index (χ1v) is 8.60. The number of hydrogen-bond acceptors (Lipinski definition) is 4. The summed E-state index contributed by atoms with van der Waals surface area (Å²) in [4.78, 5) is 2.21. The van der Waals surface area contributed by atoms with E-state index in [0.29, 0.717) is 13.2 Å². The van der Waals surface area contributed by atoms with Crippen LogP contribution in [-0.2, 0) is 14.6 Å². The number of hydrogen-bond donors (Lipinski definition) is 0. The molecule has 0 N–H and O–H groups in total. The smallest absolute Gasteiger partial charge is 0.148 e. The normalized spacial score (nSPS) is 25.4. The van der Waals surface area contributed by atoms with Crippen LogP contribution in [-0.4, -0.2) is 51.1 Å². The van der Waals surface area contributed by atoms with Crippen LogP contribution in [0.1, 0.15) is 18.5 Å². The Bertz CT molecular complexity index is 501. The third-order valence-corrected chi connectivity index (χ3v) is 4.33. The van der Waals surface area contributed by atoms with Crippen molar-refractivity contribution in [2.45, 2.75) is 19.1 Å². The maximum atomic E-state index is 11.3. The summed E-state index contributed by atoms with van der Waals surface area (Å²) >= 11 is 0. The van der Waals surface area contributed by atoms with Crippen molar-refractivity contribution in [3.05, 3.63) is 35.9 Å². The van der Waals surface area contributed by atoms with Gasteiger partial charge in [0.05, 0.1) is 24.5 Å². The third-order valence-electron chi connectivity index (χ3n) is 3.40. The average molecular weight is 283 g/mol. The number of nitrogens with zero attached hydrogens (tertiary/aromatic N) is 1. The van der Waals surface area contributed by atoms with Crippen molar-refractivity contribution in [2.24, 2.45) is 0 Å². The molecule has 0 saturated carbocycles. The van der Waals surface area contributed by atoms with Gasteiger partial charge < -0.3 is 4.74 Å². The van der Waals surface area contributed by atoms with Crippen LogP contribution in [0.3, 0.4) is 0 Å². The number of ether oxygens (including phenoxy) is 1. The Kier molecular flexibility index (Phi) is 4.60. The monoisotopic (exact) mass is 283 g/mol. The van der Waals surface area contributed by atoms with Gasteiger partial charge in [-0.2, -0.15) is 0 Å². The molecule has 1 aliphatic heterocycles. The second-order valence-corrected chi connectivity index (χ2v) is 7.45. The van der Waals surface area contributed by atoms with Crippen molar-refractivity contribution < 1.29 is 13.2 Å². The van der Waals surface area contributed by atoms with Gasteiger partial charge in [-0.1, -0.05) is 30.3 Å². The SMILES string of the molecule is C[C@H]1CN(CCS(C)(=O)=O)[C@@H](c2ccccc2)CO1. The highest BCUT2D eigenvalue weighted by molar-refractivity contribution is 7.90. The number of morpholine rings is 1. The van der Waals surface area contributed by atoms with E-state index in [1.165, 1.54) is 11.8 Å². The summed E-state index contributed by atoms with van der Waals surface area (Å²) in [5, 5.41) is 0. The molecule has 0 unspecified atom stereocenters. The molecule has 106 valence electrons. The Balaban J connectivity index is 2.11. The van der Waals surface area contributed by atoms with Crippen LogP contribution in [0.15, 0.2) is 30.3 Å². The van der Waals surface area contributed by atoms with Crippen LogP contribution in [0.4, 0.5) is 0 Å². The summed E-state index contributed by atoms with van der Waals surface area (Å²) in [7, 11) is -2.93. The second-order valence-electron chi connectivity index (χ2n) is 5.20. The lowest BCUT2D eigenvalue weighted by Gasteiger charge is -2.38.